The third-order valence-corrected chi connectivity index (χ3v) is 5.18. The maximum atomic E-state index is 12.0. The predicted octanol–water partition coefficient (Wildman–Crippen LogP) is 5.75. The Balaban J connectivity index is 1.80. The lowest BCUT2D eigenvalue weighted by molar-refractivity contribution is -0.387. The van der Waals surface area contributed by atoms with Crippen molar-refractivity contribution >= 4 is 46.5 Å². The second-order valence-corrected chi connectivity index (χ2v) is 8.38. The van der Waals surface area contributed by atoms with Crippen molar-refractivity contribution in [3.8, 4) is 0 Å². The van der Waals surface area contributed by atoms with Crippen molar-refractivity contribution in [2.24, 2.45) is 5.92 Å². The number of halogens is 1. The van der Waals surface area contributed by atoms with Crippen LogP contribution in [0.15, 0.2) is 64.8 Å². The molecule has 0 aliphatic rings. The molecule has 0 saturated heterocycles. The molecule has 2 aromatic carbocycles. The van der Waals surface area contributed by atoms with Gasteiger partial charge in [0.15, 0.2) is 5.03 Å². The van der Waals surface area contributed by atoms with E-state index in [4.69, 9.17) is 16.3 Å². The first-order valence-corrected chi connectivity index (χ1v) is 10.5. The molecule has 1 N–H and O–H groups in total. The number of ether oxygens (including phenoxy) is 1. The predicted molar refractivity (Wildman–Crippen MR) is 119 cm³/mol. The van der Waals surface area contributed by atoms with Crippen LogP contribution in [0.2, 0.25) is 5.02 Å². The first-order chi connectivity index (χ1) is 14.8. The van der Waals surface area contributed by atoms with Crippen molar-refractivity contribution in [2.45, 2.75) is 23.8 Å². The summed E-state index contributed by atoms with van der Waals surface area (Å²) in [5.41, 5.74) is 0.676. The first kappa shape index (κ1) is 22.5. The Morgan fingerprint density at radius 1 is 1.16 bits per heavy atom. The fourth-order valence-electron chi connectivity index (χ4n) is 2.46. The summed E-state index contributed by atoms with van der Waals surface area (Å²) in [6, 6.07) is 13.3. The quantitative estimate of drug-likeness (QED) is 0.197. The van der Waals surface area contributed by atoms with Gasteiger partial charge < -0.3 is 10.1 Å². The van der Waals surface area contributed by atoms with Crippen LogP contribution in [0, 0.1) is 16.0 Å². The maximum Gasteiger partial charge on any atom is 0.343 e. The van der Waals surface area contributed by atoms with Crippen molar-refractivity contribution in [2.75, 3.05) is 11.9 Å². The molecule has 1 aromatic heterocycles. The minimum Gasteiger partial charge on any atom is -0.462 e. The van der Waals surface area contributed by atoms with E-state index < -0.39 is 10.9 Å². The zero-order chi connectivity index (χ0) is 22.4. The summed E-state index contributed by atoms with van der Waals surface area (Å²) in [5.74, 6) is -0.135. The van der Waals surface area contributed by atoms with Gasteiger partial charge in [-0.05, 0) is 54.4 Å². The number of nitrogens with one attached hydrogen (secondary N) is 1. The number of rotatable bonds is 8. The molecule has 0 radical (unpaired) electrons. The molecule has 0 spiro atoms. The molecule has 31 heavy (non-hydrogen) atoms. The number of nitro groups is 1. The number of benzene rings is 2. The van der Waals surface area contributed by atoms with Crippen molar-refractivity contribution < 1.29 is 14.5 Å². The average molecular weight is 459 g/mol. The van der Waals surface area contributed by atoms with Gasteiger partial charge in [-0.25, -0.2) is 14.8 Å². The van der Waals surface area contributed by atoms with Crippen LogP contribution in [0.1, 0.15) is 24.2 Å². The zero-order valence-electron chi connectivity index (χ0n) is 16.7. The standard InChI is InChI=1S/C21H19ClN4O4S/c1-13(2)11-30-21(27)14-3-7-16(8-4-14)25-19-18(26(28)29)20(24-12-23-19)31-17-9-5-15(22)6-10-17/h3-10,12-13H,11H2,1-2H3,(H,23,24,25). The van der Waals surface area contributed by atoms with E-state index in [-0.39, 0.29) is 22.4 Å². The van der Waals surface area contributed by atoms with Gasteiger partial charge in [-0.15, -0.1) is 0 Å². The van der Waals surface area contributed by atoms with Crippen LogP contribution in [0.4, 0.5) is 17.2 Å². The first-order valence-electron chi connectivity index (χ1n) is 9.30. The smallest absolute Gasteiger partial charge is 0.343 e. The van der Waals surface area contributed by atoms with Gasteiger partial charge in [0.25, 0.3) is 0 Å². The SMILES string of the molecule is CC(C)COC(=O)c1ccc(Nc2ncnc(Sc3ccc(Cl)cc3)c2[N+](=O)[O-])cc1. The molecular formula is C21H19ClN4O4S. The van der Waals surface area contributed by atoms with Crippen LogP contribution in [0.25, 0.3) is 0 Å². The fraction of sp³-hybridized carbons (Fsp3) is 0.190. The Bertz CT molecular complexity index is 1080. The van der Waals surface area contributed by atoms with Crippen molar-refractivity contribution in [3.05, 3.63) is 75.6 Å². The second kappa shape index (κ2) is 10.2. The number of aromatic nitrogens is 2. The molecule has 3 rings (SSSR count). The van der Waals surface area contributed by atoms with Gasteiger partial charge in [0.05, 0.1) is 17.1 Å². The molecule has 0 fully saturated rings. The van der Waals surface area contributed by atoms with E-state index >= 15 is 0 Å². The molecule has 0 atom stereocenters. The van der Waals surface area contributed by atoms with Crippen LogP contribution in [-0.2, 0) is 4.74 Å². The molecule has 3 aromatic rings. The molecule has 0 unspecified atom stereocenters. The number of carbonyl (C=O) groups is 1. The molecule has 0 bridgehead atoms. The lowest BCUT2D eigenvalue weighted by Gasteiger charge is -2.10. The van der Waals surface area contributed by atoms with Gasteiger partial charge in [0, 0.05) is 15.6 Å². The van der Waals surface area contributed by atoms with Gasteiger partial charge in [-0.1, -0.05) is 37.2 Å². The Morgan fingerprint density at radius 2 is 1.84 bits per heavy atom. The molecule has 8 nitrogen and oxygen atoms in total. The van der Waals surface area contributed by atoms with Crippen LogP contribution in [0.3, 0.4) is 0 Å². The summed E-state index contributed by atoms with van der Waals surface area (Å²) in [4.78, 5) is 32.1. The van der Waals surface area contributed by atoms with Gasteiger partial charge in [-0.3, -0.25) is 10.1 Å². The van der Waals surface area contributed by atoms with Crippen molar-refractivity contribution in [1.82, 2.24) is 9.97 Å². The van der Waals surface area contributed by atoms with Crippen LogP contribution in [0.5, 0.6) is 0 Å². The Morgan fingerprint density at radius 3 is 2.45 bits per heavy atom. The number of carbonyl (C=O) groups excluding carboxylic acids is 1. The number of esters is 1. The van der Waals surface area contributed by atoms with E-state index in [0.717, 1.165) is 16.7 Å². The molecule has 0 amide bonds. The second-order valence-electron chi connectivity index (χ2n) is 6.88. The highest BCUT2D eigenvalue weighted by atomic mass is 35.5. The van der Waals surface area contributed by atoms with Gasteiger partial charge in [0.1, 0.15) is 6.33 Å². The molecule has 160 valence electrons. The lowest BCUT2D eigenvalue weighted by Crippen LogP contribution is -2.10. The monoisotopic (exact) mass is 458 g/mol. The van der Waals surface area contributed by atoms with Crippen LogP contribution < -0.4 is 5.32 Å². The van der Waals surface area contributed by atoms with E-state index in [0.29, 0.717) is 22.9 Å². The van der Waals surface area contributed by atoms with Crippen molar-refractivity contribution in [3.63, 3.8) is 0 Å². The van der Waals surface area contributed by atoms with E-state index in [2.05, 4.69) is 15.3 Å². The Labute approximate surface area is 188 Å². The summed E-state index contributed by atoms with van der Waals surface area (Å²) in [6.07, 6.45) is 1.26. The minimum atomic E-state index is -0.530. The Hall–Kier alpha value is -3.17. The third-order valence-electron chi connectivity index (χ3n) is 3.93. The van der Waals surface area contributed by atoms with E-state index in [9.17, 15) is 14.9 Å². The van der Waals surface area contributed by atoms with E-state index in [1.165, 1.54) is 6.33 Å². The summed E-state index contributed by atoms with van der Waals surface area (Å²) in [6.45, 7) is 4.24. The number of hydrogen-bond acceptors (Lipinski definition) is 8. The van der Waals surface area contributed by atoms with Crippen LogP contribution in [-0.4, -0.2) is 27.5 Å². The van der Waals surface area contributed by atoms with E-state index in [1.807, 2.05) is 13.8 Å². The highest BCUT2D eigenvalue weighted by Gasteiger charge is 2.24. The van der Waals surface area contributed by atoms with Crippen molar-refractivity contribution in [1.29, 1.82) is 0 Å². The fourth-order valence-corrected chi connectivity index (χ4v) is 3.45. The summed E-state index contributed by atoms with van der Waals surface area (Å²) >= 11 is 7.03. The summed E-state index contributed by atoms with van der Waals surface area (Å²) in [7, 11) is 0. The third kappa shape index (κ3) is 6.16. The lowest BCUT2D eigenvalue weighted by atomic mass is 10.2. The number of hydrogen-bond donors (Lipinski definition) is 1. The molecule has 10 heteroatoms. The highest BCUT2D eigenvalue weighted by Crippen LogP contribution is 2.37. The summed E-state index contributed by atoms with van der Waals surface area (Å²) < 4.78 is 5.20. The number of nitrogens with zero attached hydrogens (tertiary/aromatic N) is 3. The zero-order valence-corrected chi connectivity index (χ0v) is 18.3. The summed E-state index contributed by atoms with van der Waals surface area (Å²) in [5, 5.41) is 15.4. The van der Waals surface area contributed by atoms with Gasteiger partial charge in [-0.2, -0.15) is 0 Å². The largest absolute Gasteiger partial charge is 0.462 e. The molecule has 1 heterocycles. The van der Waals surface area contributed by atoms with Gasteiger partial charge >= 0.3 is 11.7 Å². The van der Waals surface area contributed by atoms with E-state index in [1.54, 1.807) is 48.5 Å². The topological polar surface area (TPSA) is 107 Å². The Kier molecular flexibility index (Phi) is 7.43. The molecule has 0 saturated carbocycles. The highest BCUT2D eigenvalue weighted by molar-refractivity contribution is 7.99. The number of anilines is 2. The molecule has 0 aliphatic carbocycles. The average Bonchev–Trinajstić information content (AvgIpc) is 2.74. The maximum absolute atomic E-state index is 12.0. The minimum absolute atomic E-state index is 0.0478. The van der Waals surface area contributed by atoms with Gasteiger partial charge in [0.2, 0.25) is 5.82 Å². The van der Waals surface area contributed by atoms with Crippen LogP contribution >= 0.6 is 23.4 Å². The normalized spacial score (nSPS) is 10.7. The molecular weight excluding hydrogens is 440 g/mol. The molecule has 0 aliphatic heterocycles.